The van der Waals surface area contributed by atoms with Crippen LogP contribution in [0.15, 0.2) is 0 Å². The van der Waals surface area contributed by atoms with Crippen molar-refractivity contribution in [3.8, 4) is 0 Å². The molecule has 2 N–H and O–H groups in total. The lowest BCUT2D eigenvalue weighted by atomic mass is 9.70. The number of carboxylic acid groups (broad SMARTS) is 2. The predicted molar refractivity (Wildman–Crippen MR) is 121 cm³/mol. The van der Waals surface area contributed by atoms with Gasteiger partial charge in [-0.25, -0.2) is 0 Å². The van der Waals surface area contributed by atoms with Crippen molar-refractivity contribution >= 4 is 11.9 Å². The summed E-state index contributed by atoms with van der Waals surface area (Å²) in [6.07, 6.45) is 17.9. The highest BCUT2D eigenvalue weighted by Gasteiger charge is 2.39. The van der Waals surface area contributed by atoms with Gasteiger partial charge in [-0.2, -0.15) is 0 Å². The van der Waals surface area contributed by atoms with Crippen molar-refractivity contribution in [2.24, 2.45) is 11.3 Å². The molecule has 0 fully saturated rings. The molecule has 0 radical (unpaired) electrons. The van der Waals surface area contributed by atoms with E-state index in [0.717, 1.165) is 25.7 Å². The van der Waals surface area contributed by atoms with Gasteiger partial charge in [0.1, 0.15) is 0 Å². The van der Waals surface area contributed by atoms with Crippen LogP contribution in [-0.2, 0) is 9.59 Å². The fourth-order valence-electron chi connectivity index (χ4n) is 4.66. The summed E-state index contributed by atoms with van der Waals surface area (Å²) in [5, 5.41) is 19.1. The van der Waals surface area contributed by atoms with Crippen molar-refractivity contribution in [3.63, 3.8) is 0 Å². The van der Waals surface area contributed by atoms with Crippen molar-refractivity contribution in [1.82, 2.24) is 0 Å². The zero-order valence-electron chi connectivity index (χ0n) is 19.5. The average molecular weight is 413 g/mol. The van der Waals surface area contributed by atoms with Crippen LogP contribution < -0.4 is 0 Å². The van der Waals surface area contributed by atoms with E-state index in [1.54, 1.807) is 0 Å². The van der Waals surface area contributed by atoms with Crippen molar-refractivity contribution in [1.29, 1.82) is 0 Å². The van der Waals surface area contributed by atoms with Gasteiger partial charge >= 0.3 is 11.9 Å². The lowest BCUT2D eigenvalue weighted by molar-refractivity contribution is -0.152. The summed E-state index contributed by atoms with van der Waals surface area (Å²) in [6, 6.07) is 0. The molecule has 0 saturated heterocycles. The fraction of sp³-hybridized carbons (Fsp3) is 0.920. The molecule has 0 heterocycles. The van der Waals surface area contributed by atoms with Crippen LogP contribution in [0.3, 0.4) is 0 Å². The predicted octanol–water partition coefficient (Wildman–Crippen LogP) is 7.84. The highest BCUT2D eigenvalue weighted by atomic mass is 16.4. The molecule has 4 heteroatoms. The first-order valence-electron chi connectivity index (χ1n) is 12.4. The second kappa shape index (κ2) is 17.8. The number of hydrogen-bond acceptors (Lipinski definition) is 2. The molecule has 0 aromatic rings. The quantitative estimate of drug-likeness (QED) is 0.188. The summed E-state index contributed by atoms with van der Waals surface area (Å²) in [5.74, 6) is -1.10. The maximum Gasteiger partial charge on any atom is 0.309 e. The maximum absolute atomic E-state index is 12.3. The Morgan fingerprint density at radius 2 is 1.21 bits per heavy atom. The molecule has 0 bridgehead atoms. The maximum atomic E-state index is 12.3. The third-order valence-electron chi connectivity index (χ3n) is 6.34. The van der Waals surface area contributed by atoms with Crippen LogP contribution in [-0.4, -0.2) is 22.2 Å². The van der Waals surface area contributed by atoms with Crippen LogP contribution in [0.1, 0.15) is 136 Å². The lowest BCUT2D eigenvalue weighted by Gasteiger charge is -2.33. The van der Waals surface area contributed by atoms with E-state index in [0.29, 0.717) is 25.2 Å². The highest BCUT2D eigenvalue weighted by Crippen LogP contribution is 2.40. The number of rotatable bonds is 21. The Bertz CT molecular complexity index is 421. The summed E-state index contributed by atoms with van der Waals surface area (Å²) in [6.45, 7) is 6.49. The standard InChI is InChI=1S/C25H48O4/c1-4-7-9-11-12-14-17-22(16-13-10-8-5-2)21-25(19-6-3,24(28)29)20-15-18-23(26)27/h22H,4-21H2,1-3H3,(H,26,27)(H,28,29). The van der Waals surface area contributed by atoms with Crippen LogP contribution in [0, 0.1) is 11.3 Å². The molecule has 4 nitrogen and oxygen atoms in total. The SMILES string of the molecule is CCCCCCCCC(CCCCCC)CC(CCC)(CCCC(=O)O)C(=O)O. The van der Waals surface area contributed by atoms with E-state index < -0.39 is 17.4 Å². The van der Waals surface area contributed by atoms with Gasteiger partial charge in [0.15, 0.2) is 0 Å². The minimum Gasteiger partial charge on any atom is -0.481 e. The van der Waals surface area contributed by atoms with E-state index in [1.165, 1.54) is 64.2 Å². The van der Waals surface area contributed by atoms with E-state index >= 15 is 0 Å². The lowest BCUT2D eigenvalue weighted by Crippen LogP contribution is -2.34. The largest absolute Gasteiger partial charge is 0.481 e. The van der Waals surface area contributed by atoms with Crippen LogP contribution in [0.25, 0.3) is 0 Å². The Labute approximate surface area is 179 Å². The van der Waals surface area contributed by atoms with Crippen molar-refractivity contribution in [3.05, 3.63) is 0 Å². The molecule has 0 aromatic heterocycles. The fourth-order valence-corrected chi connectivity index (χ4v) is 4.66. The van der Waals surface area contributed by atoms with Gasteiger partial charge in [-0.05, 0) is 31.6 Å². The van der Waals surface area contributed by atoms with Gasteiger partial charge in [-0.1, -0.05) is 104 Å². The van der Waals surface area contributed by atoms with Gasteiger partial charge in [0.25, 0.3) is 0 Å². The monoisotopic (exact) mass is 412 g/mol. The van der Waals surface area contributed by atoms with E-state index in [-0.39, 0.29) is 6.42 Å². The second-order valence-corrected chi connectivity index (χ2v) is 9.06. The molecule has 0 rings (SSSR count). The first kappa shape index (κ1) is 27.9. The van der Waals surface area contributed by atoms with Crippen LogP contribution in [0.2, 0.25) is 0 Å². The van der Waals surface area contributed by atoms with Gasteiger partial charge in [-0.15, -0.1) is 0 Å². The van der Waals surface area contributed by atoms with E-state index in [4.69, 9.17) is 5.11 Å². The number of carboxylic acids is 2. The molecule has 0 spiro atoms. The molecule has 172 valence electrons. The summed E-state index contributed by atoms with van der Waals surface area (Å²) in [4.78, 5) is 23.2. The smallest absolute Gasteiger partial charge is 0.309 e. The van der Waals surface area contributed by atoms with Gasteiger partial charge in [0.2, 0.25) is 0 Å². The normalized spacial score (nSPS) is 14.4. The first-order chi connectivity index (χ1) is 13.9. The van der Waals surface area contributed by atoms with Gasteiger partial charge in [-0.3, -0.25) is 9.59 Å². The molecular weight excluding hydrogens is 364 g/mol. The van der Waals surface area contributed by atoms with E-state index in [9.17, 15) is 14.7 Å². The molecule has 0 aliphatic carbocycles. The Balaban J connectivity index is 4.95. The molecule has 0 aliphatic rings. The van der Waals surface area contributed by atoms with Crippen molar-refractivity contribution in [2.45, 2.75) is 136 Å². The summed E-state index contributed by atoms with van der Waals surface area (Å²) >= 11 is 0. The Kier molecular flexibility index (Phi) is 17.1. The average Bonchev–Trinajstić information content (AvgIpc) is 2.67. The second-order valence-electron chi connectivity index (χ2n) is 9.06. The van der Waals surface area contributed by atoms with E-state index in [1.807, 2.05) is 6.92 Å². The number of carbonyl (C=O) groups is 2. The molecule has 2 unspecified atom stereocenters. The number of hydrogen-bond donors (Lipinski definition) is 2. The van der Waals surface area contributed by atoms with Crippen molar-refractivity contribution in [2.75, 3.05) is 0 Å². The van der Waals surface area contributed by atoms with Crippen molar-refractivity contribution < 1.29 is 19.8 Å². The van der Waals surface area contributed by atoms with Crippen LogP contribution >= 0.6 is 0 Å². The van der Waals surface area contributed by atoms with Crippen LogP contribution in [0.4, 0.5) is 0 Å². The first-order valence-corrected chi connectivity index (χ1v) is 12.4. The minimum atomic E-state index is -0.830. The third-order valence-corrected chi connectivity index (χ3v) is 6.34. The molecular formula is C25H48O4. The summed E-state index contributed by atoms with van der Waals surface area (Å²) in [7, 11) is 0. The third kappa shape index (κ3) is 13.7. The van der Waals surface area contributed by atoms with Gasteiger partial charge < -0.3 is 10.2 Å². The molecule has 0 aromatic carbocycles. The zero-order valence-corrected chi connectivity index (χ0v) is 19.5. The van der Waals surface area contributed by atoms with Crippen LogP contribution in [0.5, 0.6) is 0 Å². The minimum absolute atomic E-state index is 0.0668. The summed E-state index contributed by atoms with van der Waals surface area (Å²) < 4.78 is 0. The van der Waals surface area contributed by atoms with Gasteiger partial charge in [0.05, 0.1) is 5.41 Å². The molecule has 29 heavy (non-hydrogen) atoms. The highest BCUT2D eigenvalue weighted by molar-refractivity contribution is 5.74. The number of unbranched alkanes of at least 4 members (excludes halogenated alkanes) is 8. The molecule has 0 saturated carbocycles. The summed E-state index contributed by atoms with van der Waals surface area (Å²) in [5.41, 5.74) is -0.748. The molecule has 0 amide bonds. The Morgan fingerprint density at radius 3 is 1.69 bits per heavy atom. The molecule has 0 aliphatic heterocycles. The zero-order chi connectivity index (χ0) is 22.0. The Hall–Kier alpha value is -1.06. The number of aliphatic carboxylic acids is 2. The topological polar surface area (TPSA) is 74.6 Å². The Morgan fingerprint density at radius 1 is 0.690 bits per heavy atom. The van der Waals surface area contributed by atoms with Gasteiger partial charge in [0, 0.05) is 6.42 Å². The van der Waals surface area contributed by atoms with E-state index in [2.05, 4.69) is 13.8 Å². The molecule has 2 atom stereocenters.